The van der Waals surface area contributed by atoms with Crippen LogP contribution < -0.4 is 11.1 Å². The fraction of sp³-hybridized carbons (Fsp3) is 0.583. The molecule has 1 amide bonds. The van der Waals surface area contributed by atoms with Crippen molar-refractivity contribution in [2.45, 2.75) is 19.9 Å². The zero-order chi connectivity index (χ0) is 12.7. The number of hydrogen-bond acceptors (Lipinski definition) is 4. The molecule has 0 aliphatic rings. The summed E-state index contributed by atoms with van der Waals surface area (Å²) < 4.78 is 0. The van der Waals surface area contributed by atoms with Gasteiger partial charge in [-0.25, -0.2) is 0 Å². The highest BCUT2D eigenvalue weighted by atomic mass is 32.2. The number of thioether (sulfide) groups is 1. The van der Waals surface area contributed by atoms with E-state index in [1.54, 1.807) is 23.1 Å². The molecule has 0 spiro atoms. The first-order valence-corrected chi connectivity index (χ1v) is 7.79. The Balaban J connectivity index is 2.48. The molecular formula is C12H20N2OS2. The molecule has 0 aliphatic heterocycles. The van der Waals surface area contributed by atoms with Crippen LogP contribution in [0, 0.1) is 5.92 Å². The molecule has 3 nitrogen and oxygen atoms in total. The first-order valence-electron chi connectivity index (χ1n) is 5.75. The van der Waals surface area contributed by atoms with Gasteiger partial charge in [-0.2, -0.15) is 11.8 Å². The maximum Gasteiger partial charge on any atom is 0.230 e. The molecule has 1 heterocycles. The van der Waals surface area contributed by atoms with Crippen LogP contribution in [0.4, 0.5) is 0 Å². The molecule has 0 fully saturated rings. The smallest absolute Gasteiger partial charge is 0.230 e. The van der Waals surface area contributed by atoms with Gasteiger partial charge < -0.3 is 11.1 Å². The van der Waals surface area contributed by atoms with Crippen molar-refractivity contribution in [1.82, 2.24) is 5.32 Å². The van der Waals surface area contributed by atoms with Crippen LogP contribution >= 0.6 is 23.1 Å². The van der Waals surface area contributed by atoms with E-state index in [0.29, 0.717) is 18.2 Å². The Morgan fingerprint density at radius 1 is 1.59 bits per heavy atom. The fourth-order valence-electron chi connectivity index (χ4n) is 1.50. The Morgan fingerprint density at radius 2 is 2.35 bits per heavy atom. The quantitative estimate of drug-likeness (QED) is 0.749. The molecule has 1 unspecified atom stereocenters. The van der Waals surface area contributed by atoms with Crippen molar-refractivity contribution in [1.29, 1.82) is 0 Å². The molecule has 3 N–H and O–H groups in total. The zero-order valence-corrected chi connectivity index (χ0v) is 11.9. The highest BCUT2D eigenvalue weighted by molar-refractivity contribution is 7.99. The third-order valence-corrected chi connectivity index (χ3v) is 4.27. The topological polar surface area (TPSA) is 55.1 Å². The molecule has 5 heteroatoms. The number of rotatable bonds is 7. The predicted molar refractivity (Wildman–Crippen MR) is 76.4 cm³/mol. The van der Waals surface area contributed by atoms with E-state index in [1.807, 2.05) is 11.4 Å². The minimum Gasteiger partial charge on any atom is -0.348 e. The lowest BCUT2D eigenvalue weighted by atomic mass is 10.0. The summed E-state index contributed by atoms with van der Waals surface area (Å²) in [5.74, 6) is 1.82. The lowest BCUT2D eigenvalue weighted by Crippen LogP contribution is -2.32. The van der Waals surface area contributed by atoms with Gasteiger partial charge in [0.05, 0.1) is 11.8 Å². The van der Waals surface area contributed by atoms with Gasteiger partial charge in [0.25, 0.3) is 0 Å². The van der Waals surface area contributed by atoms with E-state index in [4.69, 9.17) is 5.73 Å². The molecule has 1 aromatic heterocycles. The van der Waals surface area contributed by atoms with Gasteiger partial charge in [-0.3, -0.25) is 4.79 Å². The highest BCUT2D eigenvalue weighted by Crippen LogP contribution is 2.25. The van der Waals surface area contributed by atoms with E-state index < -0.39 is 0 Å². The lowest BCUT2D eigenvalue weighted by Gasteiger charge is -2.21. The summed E-state index contributed by atoms with van der Waals surface area (Å²) in [5.41, 5.74) is 5.39. The summed E-state index contributed by atoms with van der Waals surface area (Å²) in [4.78, 5) is 13.0. The summed E-state index contributed by atoms with van der Waals surface area (Å²) in [6, 6.07) is 4.22. The van der Waals surface area contributed by atoms with E-state index in [0.717, 1.165) is 5.75 Å². The van der Waals surface area contributed by atoms with Crippen molar-refractivity contribution >= 4 is 29.0 Å². The summed E-state index contributed by atoms with van der Waals surface area (Å²) in [7, 11) is 0. The van der Waals surface area contributed by atoms with E-state index in [1.165, 1.54) is 4.88 Å². The van der Waals surface area contributed by atoms with E-state index in [-0.39, 0.29) is 11.9 Å². The number of carbonyl (C=O) groups is 1. The van der Waals surface area contributed by atoms with Gasteiger partial charge >= 0.3 is 0 Å². The number of thiophene rings is 1. The summed E-state index contributed by atoms with van der Waals surface area (Å²) in [5, 5.41) is 5.13. The van der Waals surface area contributed by atoms with Crippen LogP contribution in [0.15, 0.2) is 17.5 Å². The maximum atomic E-state index is 11.8. The Morgan fingerprint density at radius 3 is 2.88 bits per heavy atom. The third-order valence-electron chi connectivity index (χ3n) is 2.33. The van der Waals surface area contributed by atoms with Crippen LogP contribution in [0.25, 0.3) is 0 Å². The van der Waals surface area contributed by atoms with Gasteiger partial charge in [-0.1, -0.05) is 19.9 Å². The molecule has 0 saturated heterocycles. The number of amides is 1. The molecule has 0 bridgehead atoms. The predicted octanol–water partition coefficient (Wildman–Crippen LogP) is 2.25. The van der Waals surface area contributed by atoms with E-state index >= 15 is 0 Å². The zero-order valence-electron chi connectivity index (χ0n) is 10.3. The van der Waals surface area contributed by atoms with Crippen molar-refractivity contribution in [3.63, 3.8) is 0 Å². The number of nitrogens with two attached hydrogens (primary N) is 1. The number of nitrogens with one attached hydrogen (secondary N) is 1. The van der Waals surface area contributed by atoms with E-state index in [2.05, 4.69) is 25.2 Å². The second kappa shape index (κ2) is 7.74. The minimum atomic E-state index is 0.0931. The summed E-state index contributed by atoms with van der Waals surface area (Å²) in [6.07, 6.45) is 0. The van der Waals surface area contributed by atoms with Gasteiger partial charge in [-0.05, 0) is 17.4 Å². The number of hydrogen-bond donors (Lipinski definition) is 2. The van der Waals surface area contributed by atoms with Crippen molar-refractivity contribution < 1.29 is 4.79 Å². The van der Waals surface area contributed by atoms with Crippen LogP contribution in [0.2, 0.25) is 0 Å². The molecule has 0 saturated carbocycles. The number of carbonyl (C=O) groups excluding carboxylic acids is 1. The molecule has 96 valence electrons. The molecule has 1 atom stereocenters. The molecule has 1 rings (SSSR count). The van der Waals surface area contributed by atoms with Crippen LogP contribution in [0.5, 0.6) is 0 Å². The molecule has 0 aliphatic carbocycles. The molecule has 17 heavy (non-hydrogen) atoms. The average Bonchev–Trinajstić information content (AvgIpc) is 2.79. The third kappa shape index (κ3) is 5.10. The van der Waals surface area contributed by atoms with Crippen LogP contribution in [-0.2, 0) is 4.79 Å². The Kier molecular flexibility index (Phi) is 6.62. The van der Waals surface area contributed by atoms with Crippen LogP contribution in [0.3, 0.4) is 0 Å². The first-order chi connectivity index (χ1) is 8.15. The maximum absolute atomic E-state index is 11.8. The average molecular weight is 272 g/mol. The first kappa shape index (κ1) is 14.5. The molecule has 0 radical (unpaired) electrons. The summed E-state index contributed by atoms with van der Waals surface area (Å²) >= 11 is 3.27. The van der Waals surface area contributed by atoms with Crippen molar-refractivity contribution in [2.75, 3.05) is 18.1 Å². The lowest BCUT2D eigenvalue weighted by molar-refractivity contribution is -0.119. The van der Waals surface area contributed by atoms with Crippen molar-refractivity contribution in [3.8, 4) is 0 Å². The monoisotopic (exact) mass is 272 g/mol. The van der Waals surface area contributed by atoms with Gasteiger partial charge in [0.2, 0.25) is 5.91 Å². The second-order valence-corrected chi connectivity index (χ2v) is 6.23. The Labute approximate surface area is 111 Å². The van der Waals surface area contributed by atoms with Gasteiger partial charge in [0, 0.05) is 17.2 Å². The highest BCUT2D eigenvalue weighted by Gasteiger charge is 2.18. The molecule has 0 aromatic carbocycles. The standard InChI is InChI=1S/C12H20N2OS2/c1-9(2)12(10-4-3-6-17-10)14-11(15)8-16-7-5-13/h3-4,6,9,12H,5,7-8,13H2,1-2H3,(H,14,15). The van der Waals surface area contributed by atoms with Gasteiger partial charge in [0.15, 0.2) is 0 Å². The normalized spacial score (nSPS) is 12.7. The molecule has 1 aromatic rings. The van der Waals surface area contributed by atoms with Crippen LogP contribution in [-0.4, -0.2) is 24.0 Å². The summed E-state index contributed by atoms with van der Waals surface area (Å²) in [6.45, 7) is 4.87. The Hall–Kier alpha value is -0.520. The SMILES string of the molecule is CC(C)C(NC(=O)CSCCN)c1cccs1. The van der Waals surface area contributed by atoms with Gasteiger partial charge in [-0.15, -0.1) is 11.3 Å². The van der Waals surface area contributed by atoms with Gasteiger partial charge in [0.1, 0.15) is 0 Å². The Bertz CT molecular complexity index is 325. The second-order valence-electron chi connectivity index (χ2n) is 4.15. The minimum absolute atomic E-state index is 0.0931. The van der Waals surface area contributed by atoms with Crippen molar-refractivity contribution in [3.05, 3.63) is 22.4 Å². The fourth-order valence-corrected chi connectivity index (χ4v) is 3.03. The van der Waals surface area contributed by atoms with Crippen LogP contribution in [0.1, 0.15) is 24.8 Å². The largest absolute Gasteiger partial charge is 0.348 e. The molecular weight excluding hydrogens is 252 g/mol. The van der Waals surface area contributed by atoms with Crippen molar-refractivity contribution in [2.24, 2.45) is 11.7 Å². The van der Waals surface area contributed by atoms with E-state index in [9.17, 15) is 4.79 Å².